The molecule has 1 heterocycles. The predicted molar refractivity (Wildman–Crippen MR) is 234 cm³/mol. The maximum Gasteiger partial charge on any atom is 0.0618 e. The molecule has 10 rings (SSSR count). The van der Waals surface area contributed by atoms with Crippen LogP contribution >= 0.6 is 0 Å². The maximum absolute atomic E-state index is 2.54. The van der Waals surface area contributed by atoms with Crippen molar-refractivity contribution in [1.82, 2.24) is 0 Å². The lowest BCUT2D eigenvalue weighted by atomic mass is 9.70. The van der Waals surface area contributed by atoms with E-state index in [2.05, 4.69) is 230 Å². The van der Waals surface area contributed by atoms with Crippen LogP contribution in [0.1, 0.15) is 25.0 Å². The summed E-state index contributed by atoms with van der Waals surface area (Å²) in [7, 11) is 0. The zero-order chi connectivity index (χ0) is 36.9. The number of nitrogens with zero attached hydrogens (tertiary/aromatic N) is 2. The number of para-hydroxylation sites is 2. The fraction of sp³-hybridized carbons (Fsp3) is 0.0566. The van der Waals surface area contributed by atoms with E-state index < -0.39 is 0 Å². The molecule has 0 unspecified atom stereocenters. The van der Waals surface area contributed by atoms with E-state index in [-0.39, 0.29) is 5.41 Å². The molecule has 0 radical (unpaired) electrons. The molecule has 2 heteroatoms. The third-order valence-electron chi connectivity index (χ3n) is 11.4. The zero-order valence-electron chi connectivity index (χ0n) is 31.0. The molecule has 0 saturated carbocycles. The van der Waals surface area contributed by atoms with Crippen LogP contribution in [0, 0.1) is 0 Å². The molecule has 0 amide bonds. The molecule has 0 N–H and O–H groups in total. The van der Waals surface area contributed by atoms with Crippen molar-refractivity contribution < 1.29 is 0 Å². The van der Waals surface area contributed by atoms with Crippen molar-refractivity contribution in [2.75, 3.05) is 9.80 Å². The molecule has 0 aliphatic carbocycles. The molecule has 2 nitrogen and oxygen atoms in total. The number of rotatable bonds is 6. The van der Waals surface area contributed by atoms with Crippen LogP contribution < -0.4 is 9.80 Å². The summed E-state index contributed by atoms with van der Waals surface area (Å²) < 4.78 is 0. The molecule has 1 aliphatic rings. The van der Waals surface area contributed by atoms with Crippen LogP contribution in [0.5, 0.6) is 0 Å². The Morgan fingerprint density at radius 2 is 0.982 bits per heavy atom. The second-order valence-electron chi connectivity index (χ2n) is 15.0. The molecule has 0 spiro atoms. The van der Waals surface area contributed by atoms with E-state index in [1.807, 2.05) is 0 Å². The van der Waals surface area contributed by atoms with Gasteiger partial charge in [-0.3, -0.25) is 0 Å². The van der Waals surface area contributed by atoms with Gasteiger partial charge in [-0.25, -0.2) is 0 Å². The normalized spacial score (nSPS) is 13.0. The summed E-state index contributed by atoms with van der Waals surface area (Å²) in [4.78, 5) is 4.89. The van der Waals surface area contributed by atoms with Crippen LogP contribution in [-0.4, -0.2) is 0 Å². The molecule has 9 aromatic rings. The van der Waals surface area contributed by atoms with E-state index in [4.69, 9.17) is 0 Å². The summed E-state index contributed by atoms with van der Waals surface area (Å²) in [6, 6.07) is 75.1. The Hall–Kier alpha value is -6.90. The monoisotopic (exact) mass is 704 g/mol. The van der Waals surface area contributed by atoms with Gasteiger partial charge in [0.15, 0.2) is 0 Å². The van der Waals surface area contributed by atoms with Crippen LogP contribution in [0.3, 0.4) is 0 Å². The van der Waals surface area contributed by atoms with Gasteiger partial charge in [0.1, 0.15) is 0 Å². The smallest absolute Gasteiger partial charge is 0.0618 e. The Bertz CT molecular complexity index is 2840. The van der Waals surface area contributed by atoms with Crippen molar-refractivity contribution in [2.45, 2.75) is 19.3 Å². The van der Waals surface area contributed by atoms with E-state index in [9.17, 15) is 0 Å². The molecule has 55 heavy (non-hydrogen) atoms. The van der Waals surface area contributed by atoms with E-state index in [0.717, 1.165) is 17.1 Å². The first kappa shape index (κ1) is 32.7. The summed E-state index contributed by atoms with van der Waals surface area (Å²) in [5.74, 6) is 0. The molecular weight excluding hydrogens is 665 g/mol. The maximum atomic E-state index is 2.54. The highest BCUT2D eigenvalue weighted by molar-refractivity contribution is 6.08. The average Bonchev–Trinajstić information content (AvgIpc) is 3.24. The standard InChI is InChI=1S/C53H40N2/c1-53(2)48-25-13-14-26-49(48)55(50-27-15-24-45(51(50)53)38-17-5-3-6-18-38)52-46-23-12-11-19-39(46)31-35-47(52)40-29-32-43(33-30-40)54(42-21-7-4-8-22-42)44-34-28-37-16-9-10-20-41(37)36-44/h3-36H,1-2H3. The number of hydrogen-bond donors (Lipinski definition) is 0. The third-order valence-corrected chi connectivity index (χ3v) is 11.4. The lowest BCUT2D eigenvalue weighted by Crippen LogP contribution is -2.31. The van der Waals surface area contributed by atoms with Gasteiger partial charge in [-0.15, -0.1) is 0 Å². The highest BCUT2D eigenvalue weighted by Gasteiger charge is 2.39. The second-order valence-corrected chi connectivity index (χ2v) is 15.0. The van der Waals surface area contributed by atoms with Gasteiger partial charge in [0.2, 0.25) is 0 Å². The summed E-state index contributed by atoms with van der Waals surface area (Å²) >= 11 is 0. The minimum atomic E-state index is -0.231. The van der Waals surface area contributed by atoms with Crippen molar-refractivity contribution in [3.05, 3.63) is 217 Å². The molecule has 262 valence electrons. The second kappa shape index (κ2) is 13.2. The van der Waals surface area contributed by atoms with Crippen LogP contribution in [0.2, 0.25) is 0 Å². The van der Waals surface area contributed by atoms with Crippen LogP contribution in [-0.2, 0) is 5.41 Å². The van der Waals surface area contributed by atoms with Gasteiger partial charge in [-0.1, -0.05) is 172 Å². The SMILES string of the molecule is CC1(C)c2ccccc2N(c2c(-c3ccc(N(c4ccccc4)c4ccc5ccccc5c4)cc3)ccc3ccccc23)c2cccc(-c3ccccc3)c21. The van der Waals surface area contributed by atoms with Crippen molar-refractivity contribution in [2.24, 2.45) is 0 Å². The number of fused-ring (bicyclic) bond motifs is 4. The minimum Gasteiger partial charge on any atom is -0.310 e. The lowest BCUT2D eigenvalue weighted by Gasteiger charge is -2.44. The van der Waals surface area contributed by atoms with Crippen LogP contribution in [0.4, 0.5) is 34.1 Å². The number of benzene rings is 9. The number of anilines is 6. The Morgan fingerprint density at radius 3 is 1.78 bits per heavy atom. The molecule has 0 bridgehead atoms. The van der Waals surface area contributed by atoms with Crippen molar-refractivity contribution in [3.63, 3.8) is 0 Å². The summed E-state index contributed by atoms with van der Waals surface area (Å²) in [6.45, 7) is 4.76. The summed E-state index contributed by atoms with van der Waals surface area (Å²) in [5, 5.41) is 4.89. The van der Waals surface area contributed by atoms with Gasteiger partial charge in [0.25, 0.3) is 0 Å². The topological polar surface area (TPSA) is 6.48 Å². The molecule has 9 aromatic carbocycles. The van der Waals surface area contributed by atoms with Crippen molar-refractivity contribution in [3.8, 4) is 22.3 Å². The first-order valence-electron chi connectivity index (χ1n) is 19.1. The zero-order valence-corrected chi connectivity index (χ0v) is 31.0. The predicted octanol–water partition coefficient (Wildman–Crippen LogP) is 14.9. The van der Waals surface area contributed by atoms with Crippen LogP contribution in [0.25, 0.3) is 43.8 Å². The van der Waals surface area contributed by atoms with Crippen molar-refractivity contribution in [1.29, 1.82) is 0 Å². The Morgan fingerprint density at radius 1 is 0.400 bits per heavy atom. The van der Waals surface area contributed by atoms with Crippen LogP contribution in [0.15, 0.2) is 206 Å². The Kier molecular flexibility index (Phi) is 7.85. The van der Waals surface area contributed by atoms with E-state index in [1.54, 1.807) is 0 Å². The molecule has 0 fully saturated rings. The van der Waals surface area contributed by atoms with E-state index in [1.165, 1.54) is 72.0 Å². The fourth-order valence-corrected chi connectivity index (χ4v) is 8.80. The van der Waals surface area contributed by atoms with Gasteiger partial charge >= 0.3 is 0 Å². The lowest BCUT2D eigenvalue weighted by molar-refractivity contribution is 0.634. The van der Waals surface area contributed by atoms with E-state index >= 15 is 0 Å². The summed E-state index contributed by atoms with van der Waals surface area (Å²) in [5.41, 5.74) is 14.2. The Balaban J connectivity index is 1.18. The molecule has 1 aliphatic heterocycles. The first-order chi connectivity index (χ1) is 27.1. The third kappa shape index (κ3) is 5.49. The number of hydrogen-bond acceptors (Lipinski definition) is 2. The average molecular weight is 705 g/mol. The first-order valence-corrected chi connectivity index (χ1v) is 19.1. The van der Waals surface area contributed by atoms with Gasteiger partial charge in [0, 0.05) is 33.4 Å². The fourth-order valence-electron chi connectivity index (χ4n) is 8.80. The minimum absolute atomic E-state index is 0.231. The van der Waals surface area contributed by atoms with Gasteiger partial charge < -0.3 is 9.80 Å². The molecule has 0 aromatic heterocycles. The van der Waals surface area contributed by atoms with Crippen molar-refractivity contribution >= 4 is 55.7 Å². The van der Waals surface area contributed by atoms with Gasteiger partial charge in [-0.2, -0.15) is 0 Å². The van der Waals surface area contributed by atoms with E-state index in [0.29, 0.717) is 0 Å². The largest absolute Gasteiger partial charge is 0.310 e. The van der Waals surface area contributed by atoms with Gasteiger partial charge in [0.05, 0.1) is 17.1 Å². The highest BCUT2D eigenvalue weighted by atomic mass is 15.2. The molecule has 0 atom stereocenters. The molecule has 0 saturated heterocycles. The quantitative estimate of drug-likeness (QED) is 0.170. The highest BCUT2D eigenvalue weighted by Crippen LogP contribution is 2.57. The van der Waals surface area contributed by atoms with Gasteiger partial charge in [-0.05, 0) is 92.5 Å². The Labute approximate surface area is 323 Å². The molecular formula is C53H40N2. The summed E-state index contributed by atoms with van der Waals surface area (Å²) in [6.07, 6.45) is 0.